The van der Waals surface area contributed by atoms with Crippen LogP contribution in [0.15, 0.2) is 0 Å². The molecule has 1 aliphatic rings. The van der Waals surface area contributed by atoms with E-state index < -0.39 is 9.84 Å². The monoisotopic (exact) mass is 248 g/mol. The van der Waals surface area contributed by atoms with Crippen molar-refractivity contribution in [3.05, 3.63) is 0 Å². The molecule has 0 spiro atoms. The first kappa shape index (κ1) is 13.4. The zero-order valence-corrected chi connectivity index (χ0v) is 10.7. The Labute approximate surface area is 96.9 Å². The summed E-state index contributed by atoms with van der Waals surface area (Å²) < 4.78 is 22.8. The zero-order valence-electron chi connectivity index (χ0n) is 9.85. The molecule has 2 atom stereocenters. The Balaban J connectivity index is 2.65. The molecule has 94 valence electrons. The topological polar surface area (TPSA) is 80.5 Å². The maximum absolute atomic E-state index is 12.0. The lowest BCUT2D eigenvalue weighted by Crippen LogP contribution is -2.42. The van der Waals surface area contributed by atoms with Gasteiger partial charge in [-0.1, -0.05) is 6.92 Å². The van der Waals surface area contributed by atoms with Gasteiger partial charge in [-0.15, -0.1) is 0 Å². The van der Waals surface area contributed by atoms with Gasteiger partial charge in [0.25, 0.3) is 0 Å². The molecule has 1 heterocycles. The van der Waals surface area contributed by atoms with Crippen LogP contribution in [0.4, 0.5) is 0 Å². The van der Waals surface area contributed by atoms with Gasteiger partial charge in [0.15, 0.2) is 9.84 Å². The molecule has 1 saturated heterocycles. The van der Waals surface area contributed by atoms with Gasteiger partial charge >= 0.3 is 0 Å². The van der Waals surface area contributed by atoms with Crippen LogP contribution in [0.25, 0.3) is 0 Å². The lowest BCUT2D eigenvalue weighted by atomic mass is 10.0. The summed E-state index contributed by atoms with van der Waals surface area (Å²) in [5.41, 5.74) is 5.67. The van der Waals surface area contributed by atoms with Gasteiger partial charge in [0.1, 0.15) is 0 Å². The van der Waals surface area contributed by atoms with Gasteiger partial charge in [-0.25, -0.2) is 8.42 Å². The Bertz CT molecular complexity index is 351. The maximum Gasteiger partial charge on any atom is 0.226 e. The standard InChI is InChI=1S/C10H20N2O3S/c1-8(9(2)11)10(13)12-4-3-6-16(14,15)7-5-12/h8-9H,3-7,11H2,1-2H3. The molecular formula is C10H20N2O3S. The second-order valence-corrected chi connectivity index (χ2v) is 6.78. The molecule has 0 aliphatic carbocycles. The fourth-order valence-corrected chi connectivity index (χ4v) is 2.94. The number of nitrogens with two attached hydrogens (primary N) is 1. The quantitative estimate of drug-likeness (QED) is 0.722. The molecule has 1 amide bonds. The van der Waals surface area contributed by atoms with Crippen LogP contribution in [0.1, 0.15) is 20.3 Å². The summed E-state index contributed by atoms with van der Waals surface area (Å²) in [4.78, 5) is 13.6. The molecule has 0 aromatic rings. The number of nitrogens with zero attached hydrogens (tertiary/aromatic N) is 1. The van der Waals surface area contributed by atoms with Crippen molar-refractivity contribution in [3.63, 3.8) is 0 Å². The molecule has 0 radical (unpaired) electrons. The van der Waals surface area contributed by atoms with Gasteiger partial charge in [-0.2, -0.15) is 0 Å². The highest BCUT2D eigenvalue weighted by molar-refractivity contribution is 7.91. The van der Waals surface area contributed by atoms with Crippen LogP contribution >= 0.6 is 0 Å². The van der Waals surface area contributed by atoms with Crippen LogP contribution in [-0.2, 0) is 14.6 Å². The SMILES string of the molecule is CC(N)C(C)C(=O)N1CCCS(=O)(=O)CC1. The van der Waals surface area contributed by atoms with Crippen LogP contribution in [0.5, 0.6) is 0 Å². The van der Waals surface area contributed by atoms with Crippen LogP contribution in [0.2, 0.25) is 0 Å². The van der Waals surface area contributed by atoms with E-state index in [0.29, 0.717) is 19.5 Å². The van der Waals surface area contributed by atoms with Crippen molar-refractivity contribution in [2.24, 2.45) is 11.7 Å². The number of sulfone groups is 1. The smallest absolute Gasteiger partial charge is 0.226 e. The molecule has 0 saturated carbocycles. The Morgan fingerprint density at radius 2 is 1.88 bits per heavy atom. The number of carbonyl (C=O) groups is 1. The molecule has 0 aromatic carbocycles. The summed E-state index contributed by atoms with van der Waals surface area (Å²) in [5, 5.41) is 0. The van der Waals surface area contributed by atoms with E-state index in [9.17, 15) is 13.2 Å². The molecule has 5 nitrogen and oxygen atoms in total. The van der Waals surface area contributed by atoms with Gasteiger partial charge in [0.05, 0.1) is 17.4 Å². The molecule has 2 N–H and O–H groups in total. The van der Waals surface area contributed by atoms with E-state index in [1.54, 1.807) is 18.7 Å². The predicted octanol–water partition coefficient (Wildman–Crippen LogP) is -0.383. The highest BCUT2D eigenvalue weighted by Crippen LogP contribution is 2.11. The van der Waals surface area contributed by atoms with Crippen molar-refractivity contribution in [2.75, 3.05) is 24.6 Å². The Morgan fingerprint density at radius 1 is 1.25 bits per heavy atom. The normalized spacial score (nSPS) is 24.6. The van der Waals surface area contributed by atoms with Crippen molar-refractivity contribution in [2.45, 2.75) is 26.3 Å². The Hall–Kier alpha value is -0.620. The summed E-state index contributed by atoms with van der Waals surface area (Å²) in [7, 11) is -2.96. The van der Waals surface area contributed by atoms with Crippen molar-refractivity contribution < 1.29 is 13.2 Å². The third-order valence-corrected chi connectivity index (χ3v) is 4.76. The van der Waals surface area contributed by atoms with Crippen molar-refractivity contribution in [1.29, 1.82) is 0 Å². The van der Waals surface area contributed by atoms with E-state index in [0.717, 1.165) is 0 Å². The largest absolute Gasteiger partial charge is 0.341 e. The minimum absolute atomic E-state index is 0.0351. The van der Waals surface area contributed by atoms with E-state index in [-0.39, 0.29) is 29.4 Å². The van der Waals surface area contributed by atoms with Crippen LogP contribution in [0, 0.1) is 5.92 Å². The molecule has 1 aliphatic heterocycles. The molecule has 1 fully saturated rings. The Kier molecular flexibility index (Phi) is 4.32. The highest BCUT2D eigenvalue weighted by atomic mass is 32.2. The zero-order chi connectivity index (χ0) is 12.3. The number of carbonyl (C=O) groups excluding carboxylic acids is 1. The molecule has 6 heteroatoms. The number of amides is 1. The first-order chi connectivity index (χ1) is 7.33. The predicted molar refractivity (Wildman–Crippen MR) is 62.7 cm³/mol. The first-order valence-electron chi connectivity index (χ1n) is 5.58. The highest BCUT2D eigenvalue weighted by Gasteiger charge is 2.26. The van der Waals surface area contributed by atoms with E-state index >= 15 is 0 Å². The minimum Gasteiger partial charge on any atom is -0.341 e. The summed E-state index contributed by atoms with van der Waals surface area (Å²) in [6.07, 6.45) is 0.528. The first-order valence-corrected chi connectivity index (χ1v) is 7.40. The van der Waals surface area contributed by atoms with E-state index in [4.69, 9.17) is 5.73 Å². The van der Waals surface area contributed by atoms with E-state index in [1.165, 1.54) is 0 Å². The molecule has 0 bridgehead atoms. The van der Waals surface area contributed by atoms with Gasteiger partial charge < -0.3 is 10.6 Å². The van der Waals surface area contributed by atoms with Gasteiger partial charge in [0, 0.05) is 19.1 Å². The molecule has 1 rings (SSSR count). The minimum atomic E-state index is -2.96. The maximum atomic E-state index is 12.0. The van der Waals surface area contributed by atoms with Crippen LogP contribution < -0.4 is 5.73 Å². The molecule has 16 heavy (non-hydrogen) atoms. The third-order valence-electron chi connectivity index (χ3n) is 3.05. The molecule has 0 aromatic heterocycles. The van der Waals surface area contributed by atoms with Crippen molar-refractivity contribution in [3.8, 4) is 0 Å². The summed E-state index contributed by atoms with van der Waals surface area (Å²) in [5.74, 6) is -0.0267. The van der Waals surface area contributed by atoms with E-state index in [2.05, 4.69) is 0 Å². The van der Waals surface area contributed by atoms with Gasteiger partial charge in [0.2, 0.25) is 5.91 Å². The number of rotatable bonds is 2. The summed E-state index contributed by atoms with van der Waals surface area (Å²) in [6.45, 7) is 4.40. The molecule has 2 unspecified atom stereocenters. The summed E-state index contributed by atoms with van der Waals surface area (Å²) >= 11 is 0. The van der Waals surface area contributed by atoms with Crippen molar-refractivity contribution >= 4 is 15.7 Å². The third kappa shape index (κ3) is 3.45. The second kappa shape index (κ2) is 5.14. The summed E-state index contributed by atoms with van der Waals surface area (Å²) in [6, 6.07) is -0.202. The second-order valence-electron chi connectivity index (χ2n) is 4.48. The fourth-order valence-electron chi connectivity index (χ4n) is 1.67. The van der Waals surface area contributed by atoms with Crippen LogP contribution in [0.3, 0.4) is 0 Å². The fraction of sp³-hybridized carbons (Fsp3) is 0.900. The number of hydrogen-bond donors (Lipinski definition) is 1. The van der Waals surface area contributed by atoms with Crippen molar-refractivity contribution in [1.82, 2.24) is 4.90 Å². The van der Waals surface area contributed by atoms with Gasteiger partial charge in [-0.05, 0) is 13.3 Å². The van der Waals surface area contributed by atoms with E-state index in [1.807, 2.05) is 0 Å². The average molecular weight is 248 g/mol. The molecular weight excluding hydrogens is 228 g/mol. The lowest BCUT2D eigenvalue weighted by Gasteiger charge is -2.25. The van der Waals surface area contributed by atoms with Crippen LogP contribution in [-0.4, -0.2) is 49.9 Å². The van der Waals surface area contributed by atoms with Gasteiger partial charge in [-0.3, -0.25) is 4.79 Å². The lowest BCUT2D eigenvalue weighted by molar-refractivity contribution is -0.135. The Morgan fingerprint density at radius 3 is 2.44 bits per heavy atom. The number of hydrogen-bond acceptors (Lipinski definition) is 4. The average Bonchev–Trinajstić information content (AvgIpc) is 2.37.